The molecule has 1 N–H and O–H groups in total. The van der Waals surface area contributed by atoms with Crippen molar-refractivity contribution in [2.45, 2.75) is 17.9 Å². The van der Waals surface area contributed by atoms with Crippen molar-refractivity contribution in [3.63, 3.8) is 0 Å². The fraction of sp³-hybridized carbons (Fsp3) is 0.300. The van der Waals surface area contributed by atoms with E-state index in [0.717, 1.165) is 5.56 Å². The van der Waals surface area contributed by atoms with Crippen molar-refractivity contribution in [2.75, 3.05) is 6.61 Å². The van der Waals surface area contributed by atoms with Crippen molar-refractivity contribution in [1.29, 1.82) is 0 Å². The molecule has 86 valence electrons. The number of cyclic esters (lactones) is 1. The molecule has 1 aliphatic rings. The molecule has 0 aromatic heterocycles. The van der Waals surface area contributed by atoms with Gasteiger partial charge in [0, 0.05) is 0 Å². The van der Waals surface area contributed by atoms with E-state index in [9.17, 15) is 13.2 Å². The Morgan fingerprint density at radius 1 is 1.31 bits per heavy atom. The summed E-state index contributed by atoms with van der Waals surface area (Å²) in [6.45, 7) is 1.97. The van der Waals surface area contributed by atoms with Crippen molar-refractivity contribution in [1.82, 2.24) is 4.72 Å². The van der Waals surface area contributed by atoms with E-state index in [1.165, 1.54) is 12.1 Å². The zero-order valence-electron chi connectivity index (χ0n) is 8.64. The topological polar surface area (TPSA) is 72.5 Å². The van der Waals surface area contributed by atoms with E-state index in [0.29, 0.717) is 0 Å². The highest BCUT2D eigenvalue weighted by molar-refractivity contribution is 7.89. The summed E-state index contributed by atoms with van der Waals surface area (Å²) in [5, 5.41) is 0. The minimum atomic E-state index is -3.62. The lowest BCUT2D eigenvalue weighted by atomic mass is 10.2. The van der Waals surface area contributed by atoms with Crippen LogP contribution in [0.1, 0.15) is 5.56 Å². The van der Waals surface area contributed by atoms with Gasteiger partial charge in [0.1, 0.15) is 6.61 Å². The first-order chi connectivity index (χ1) is 7.49. The van der Waals surface area contributed by atoms with Crippen molar-refractivity contribution < 1.29 is 17.9 Å². The number of carbonyl (C=O) groups excluding carboxylic acids is 1. The van der Waals surface area contributed by atoms with Gasteiger partial charge < -0.3 is 4.74 Å². The lowest BCUT2D eigenvalue weighted by Gasteiger charge is -2.24. The standard InChI is InChI=1S/C10H11NO4S/c1-7-2-4-8(5-3-7)16(13,14)11-9-6-15-10(9)12/h2-5,9,11H,6H2,1H3/t9-/m0/s1. The molecule has 1 heterocycles. The van der Waals surface area contributed by atoms with Crippen LogP contribution in [0.5, 0.6) is 0 Å². The van der Waals surface area contributed by atoms with Crippen LogP contribution in [0.25, 0.3) is 0 Å². The Hall–Kier alpha value is -1.40. The van der Waals surface area contributed by atoms with Crippen LogP contribution in [0, 0.1) is 6.92 Å². The monoisotopic (exact) mass is 241 g/mol. The Morgan fingerprint density at radius 3 is 2.38 bits per heavy atom. The number of aryl methyl sites for hydroxylation is 1. The fourth-order valence-corrected chi connectivity index (χ4v) is 2.46. The fourth-order valence-electron chi connectivity index (χ4n) is 1.29. The van der Waals surface area contributed by atoms with Crippen molar-refractivity contribution in [3.8, 4) is 0 Å². The maximum Gasteiger partial charge on any atom is 0.327 e. The molecule has 1 aromatic rings. The van der Waals surface area contributed by atoms with Gasteiger partial charge in [0.2, 0.25) is 10.0 Å². The van der Waals surface area contributed by atoms with Crippen LogP contribution < -0.4 is 4.72 Å². The Morgan fingerprint density at radius 2 is 1.94 bits per heavy atom. The molecule has 1 aromatic carbocycles. The second-order valence-corrected chi connectivity index (χ2v) is 5.33. The number of hydrogen-bond donors (Lipinski definition) is 1. The van der Waals surface area contributed by atoms with E-state index in [-0.39, 0.29) is 11.5 Å². The molecular formula is C10H11NO4S. The van der Waals surface area contributed by atoms with Gasteiger partial charge in [-0.2, -0.15) is 4.72 Å². The second-order valence-electron chi connectivity index (χ2n) is 3.62. The SMILES string of the molecule is Cc1ccc(S(=O)(=O)N[C@H]2COC2=O)cc1. The largest absolute Gasteiger partial charge is 0.462 e. The van der Waals surface area contributed by atoms with Gasteiger partial charge in [0.15, 0.2) is 6.04 Å². The third-order valence-corrected chi connectivity index (χ3v) is 3.79. The van der Waals surface area contributed by atoms with Gasteiger partial charge in [-0.05, 0) is 19.1 Å². The third kappa shape index (κ3) is 2.07. The number of benzene rings is 1. The van der Waals surface area contributed by atoms with Crippen LogP contribution in [-0.4, -0.2) is 27.0 Å². The maximum atomic E-state index is 11.8. The summed E-state index contributed by atoms with van der Waals surface area (Å²) in [5.74, 6) is -0.532. The van der Waals surface area contributed by atoms with E-state index < -0.39 is 22.0 Å². The number of esters is 1. The third-order valence-electron chi connectivity index (χ3n) is 2.31. The molecule has 1 saturated heterocycles. The quantitative estimate of drug-likeness (QED) is 0.767. The van der Waals surface area contributed by atoms with E-state index in [1.807, 2.05) is 6.92 Å². The predicted octanol–water partition coefficient (Wildman–Crippen LogP) is 0.199. The zero-order chi connectivity index (χ0) is 11.8. The van der Waals surface area contributed by atoms with Gasteiger partial charge >= 0.3 is 5.97 Å². The minimum absolute atomic E-state index is 0.101. The lowest BCUT2D eigenvalue weighted by molar-refractivity contribution is -0.161. The molecule has 0 aliphatic carbocycles. The number of nitrogens with one attached hydrogen (secondary N) is 1. The molecule has 0 unspecified atom stereocenters. The first kappa shape index (κ1) is 11.1. The van der Waals surface area contributed by atoms with E-state index in [4.69, 9.17) is 0 Å². The summed E-state index contributed by atoms with van der Waals surface area (Å²) in [6, 6.07) is 5.66. The molecule has 0 amide bonds. The van der Waals surface area contributed by atoms with Gasteiger partial charge in [-0.15, -0.1) is 0 Å². The summed E-state index contributed by atoms with van der Waals surface area (Å²) in [4.78, 5) is 11.0. The normalized spacial score (nSPS) is 20.1. The Labute approximate surface area is 93.5 Å². The summed E-state index contributed by atoms with van der Waals surface area (Å²) >= 11 is 0. The van der Waals surface area contributed by atoms with E-state index in [2.05, 4.69) is 9.46 Å². The molecule has 1 aliphatic heterocycles. The van der Waals surface area contributed by atoms with Crippen LogP contribution in [-0.2, 0) is 19.6 Å². The maximum absolute atomic E-state index is 11.8. The average molecular weight is 241 g/mol. The van der Waals surface area contributed by atoms with E-state index >= 15 is 0 Å². The highest BCUT2D eigenvalue weighted by Crippen LogP contribution is 2.13. The van der Waals surface area contributed by atoms with Gasteiger partial charge in [0.25, 0.3) is 0 Å². The molecule has 2 rings (SSSR count). The average Bonchev–Trinajstić information content (AvgIpc) is 2.25. The second kappa shape index (κ2) is 3.88. The Balaban J connectivity index is 2.18. The lowest BCUT2D eigenvalue weighted by Crippen LogP contribution is -2.52. The summed E-state index contributed by atoms with van der Waals surface area (Å²) < 4.78 is 30.3. The van der Waals surface area contributed by atoms with Gasteiger partial charge in [0.05, 0.1) is 4.90 Å². The number of carbonyl (C=O) groups is 1. The molecule has 0 spiro atoms. The molecule has 0 saturated carbocycles. The zero-order valence-corrected chi connectivity index (χ0v) is 9.45. The van der Waals surface area contributed by atoms with Crippen molar-refractivity contribution in [2.24, 2.45) is 0 Å². The number of sulfonamides is 1. The molecule has 6 heteroatoms. The van der Waals surface area contributed by atoms with Gasteiger partial charge in [-0.25, -0.2) is 8.42 Å². The summed E-state index contributed by atoms with van der Waals surface area (Å²) in [7, 11) is -3.62. The molecule has 1 atom stereocenters. The van der Waals surface area contributed by atoms with Crippen LogP contribution in [0.4, 0.5) is 0 Å². The highest BCUT2D eigenvalue weighted by Gasteiger charge is 2.34. The first-order valence-electron chi connectivity index (χ1n) is 4.75. The predicted molar refractivity (Wildman–Crippen MR) is 56.2 cm³/mol. The van der Waals surface area contributed by atoms with Crippen molar-refractivity contribution in [3.05, 3.63) is 29.8 Å². The van der Waals surface area contributed by atoms with Crippen LogP contribution in [0.15, 0.2) is 29.2 Å². The smallest absolute Gasteiger partial charge is 0.327 e. The number of ether oxygens (including phenoxy) is 1. The molecule has 16 heavy (non-hydrogen) atoms. The van der Waals surface area contributed by atoms with Crippen LogP contribution >= 0.6 is 0 Å². The van der Waals surface area contributed by atoms with Crippen LogP contribution in [0.3, 0.4) is 0 Å². The molecule has 5 nitrogen and oxygen atoms in total. The van der Waals surface area contributed by atoms with Crippen LogP contribution in [0.2, 0.25) is 0 Å². The molecular weight excluding hydrogens is 230 g/mol. The first-order valence-corrected chi connectivity index (χ1v) is 6.23. The molecule has 0 radical (unpaired) electrons. The molecule has 1 fully saturated rings. The Kier molecular flexibility index (Phi) is 2.69. The van der Waals surface area contributed by atoms with E-state index in [1.54, 1.807) is 12.1 Å². The van der Waals surface area contributed by atoms with Gasteiger partial charge in [-0.1, -0.05) is 17.7 Å². The van der Waals surface area contributed by atoms with Crippen molar-refractivity contribution >= 4 is 16.0 Å². The number of rotatable bonds is 3. The minimum Gasteiger partial charge on any atom is -0.462 e. The summed E-state index contributed by atoms with van der Waals surface area (Å²) in [6.07, 6.45) is 0. The highest BCUT2D eigenvalue weighted by atomic mass is 32.2. The number of hydrogen-bond acceptors (Lipinski definition) is 4. The summed E-state index contributed by atoms with van der Waals surface area (Å²) in [5.41, 5.74) is 0.974. The Bertz CT molecular complexity index is 506. The van der Waals surface area contributed by atoms with Gasteiger partial charge in [-0.3, -0.25) is 4.79 Å². The molecule has 0 bridgehead atoms.